The molecule has 0 saturated carbocycles. The molecule has 3 aromatic carbocycles. The van der Waals surface area contributed by atoms with Gasteiger partial charge < -0.3 is 9.47 Å². The molecule has 0 atom stereocenters. The van der Waals surface area contributed by atoms with Gasteiger partial charge in [-0.15, -0.1) is 0 Å². The van der Waals surface area contributed by atoms with E-state index in [0.717, 1.165) is 9.87 Å². The molecule has 8 nitrogen and oxygen atoms in total. The second-order valence-electron chi connectivity index (χ2n) is 7.18. The molecule has 1 amide bonds. The molecule has 170 valence electrons. The number of amides is 1. The average Bonchev–Trinajstić information content (AvgIpc) is 3.26. The summed E-state index contributed by atoms with van der Waals surface area (Å²) in [5.41, 5.74) is 4.40. The third-order valence-corrected chi connectivity index (χ3v) is 7.30. The first-order chi connectivity index (χ1) is 15.8. The van der Waals surface area contributed by atoms with E-state index < -0.39 is 22.5 Å². The summed E-state index contributed by atoms with van der Waals surface area (Å²) in [6, 6.07) is 18.3. The summed E-state index contributed by atoms with van der Waals surface area (Å²) in [4.78, 5) is 12.7. The highest BCUT2D eigenvalue weighted by Crippen LogP contribution is 2.36. The Balaban J connectivity index is 1.53. The zero-order valence-corrected chi connectivity index (χ0v) is 20.0. The number of hydrogen-bond acceptors (Lipinski definition) is 6. The second-order valence-corrected chi connectivity index (χ2v) is 9.90. The predicted molar refractivity (Wildman–Crippen MR) is 128 cm³/mol. The van der Waals surface area contributed by atoms with Crippen LogP contribution in [0.1, 0.15) is 11.1 Å². The molecule has 4 rings (SSSR count). The topological polar surface area (TPSA) is 97.3 Å². The van der Waals surface area contributed by atoms with Crippen molar-refractivity contribution in [1.29, 1.82) is 0 Å². The quantitative estimate of drug-likeness (QED) is 0.370. The van der Waals surface area contributed by atoms with Crippen molar-refractivity contribution >= 4 is 43.8 Å². The van der Waals surface area contributed by atoms with Crippen LogP contribution in [0.4, 0.5) is 5.69 Å². The van der Waals surface area contributed by atoms with Gasteiger partial charge in [-0.3, -0.25) is 9.10 Å². The summed E-state index contributed by atoms with van der Waals surface area (Å²) in [6.45, 7) is 1.60. The van der Waals surface area contributed by atoms with Gasteiger partial charge in [-0.25, -0.2) is 13.8 Å². The van der Waals surface area contributed by atoms with Crippen molar-refractivity contribution < 1.29 is 22.7 Å². The number of nitrogens with zero attached hydrogens (tertiary/aromatic N) is 2. The highest BCUT2D eigenvalue weighted by Gasteiger charge is 2.27. The van der Waals surface area contributed by atoms with Crippen molar-refractivity contribution in [3.05, 3.63) is 82.3 Å². The SMILES string of the molecule is Cc1ccc(N(CC(=O)N/N=C\c2cc3c(cc2Br)OCO3)S(=O)(=O)c2ccccc2)cc1. The third kappa shape index (κ3) is 5.18. The average molecular weight is 530 g/mol. The molecule has 1 N–H and O–H groups in total. The molecule has 3 aromatic rings. The van der Waals surface area contributed by atoms with Crippen LogP contribution in [0.3, 0.4) is 0 Å². The lowest BCUT2D eigenvalue weighted by Crippen LogP contribution is -2.39. The Hall–Kier alpha value is -3.37. The number of benzene rings is 3. The Labute approximate surface area is 200 Å². The third-order valence-electron chi connectivity index (χ3n) is 4.83. The van der Waals surface area contributed by atoms with E-state index in [9.17, 15) is 13.2 Å². The van der Waals surface area contributed by atoms with Crippen molar-refractivity contribution in [3.63, 3.8) is 0 Å². The molecule has 0 saturated heterocycles. The van der Waals surface area contributed by atoms with Crippen LogP contribution in [0, 0.1) is 6.92 Å². The second kappa shape index (κ2) is 9.63. The highest BCUT2D eigenvalue weighted by atomic mass is 79.9. The monoisotopic (exact) mass is 529 g/mol. The maximum absolute atomic E-state index is 13.3. The van der Waals surface area contributed by atoms with E-state index in [1.165, 1.54) is 18.3 Å². The van der Waals surface area contributed by atoms with E-state index in [-0.39, 0.29) is 11.7 Å². The Morgan fingerprint density at radius 2 is 1.76 bits per heavy atom. The summed E-state index contributed by atoms with van der Waals surface area (Å²) in [6.07, 6.45) is 1.44. The van der Waals surface area contributed by atoms with Crippen LogP contribution in [-0.2, 0) is 14.8 Å². The summed E-state index contributed by atoms with van der Waals surface area (Å²) < 4.78 is 39.0. The molecule has 33 heavy (non-hydrogen) atoms. The Bertz CT molecular complexity index is 1300. The summed E-state index contributed by atoms with van der Waals surface area (Å²) in [7, 11) is -3.97. The first kappa shape index (κ1) is 22.8. The molecule has 0 unspecified atom stereocenters. The highest BCUT2D eigenvalue weighted by molar-refractivity contribution is 9.10. The molecule has 0 aromatic heterocycles. The number of nitrogens with one attached hydrogen (secondary N) is 1. The van der Waals surface area contributed by atoms with E-state index in [1.807, 2.05) is 6.92 Å². The van der Waals surface area contributed by atoms with Gasteiger partial charge >= 0.3 is 0 Å². The lowest BCUT2D eigenvalue weighted by atomic mass is 10.2. The zero-order chi connectivity index (χ0) is 23.4. The molecule has 1 heterocycles. The molecule has 0 aliphatic carbocycles. The van der Waals surface area contributed by atoms with Gasteiger partial charge in [0.15, 0.2) is 11.5 Å². The number of carbonyl (C=O) groups is 1. The maximum atomic E-state index is 13.3. The number of carbonyl (C=O) groups excluding carboxylic acids is 1. The molecule has 1 aliphatic rings. The Morgan fingerprint density at radius 1 is 1.09 bits per heavy atom. The van der Waals surface area contributed by atoms with Gasteiger partial charge in [-0.05, 0) is 59.3 Å². The Kier molecular flexibility index (Phi) is 6.66. The lowest BCUT2D eigenvalue weighted by Gasteiger charge is -2.23. The summed E-state index contributed by atoms with van der Waals surface area (Å²) in [5.74, 6) is 0.594. The largest absolute Gasteiger partial charge is 0.454 e. The van der Waals surface area contributed by atoms with Gasteiger partial charge in [0.25, 0.3) is 15.9 Å². The molecule has 1 aliphatic heterocycles. The predicted octanol–water partition coefficient (Wildman–Crippen LogP) is 3.83. The maximum Gasteiger partial charge on any atom is 0.264 e. The van der Waals surface area contributed by atoms with Crippen LogP contribution in [0.5, 0.6) is 11.5 Å². The van der Waals surface area contributed by atoms with Gasteiger partial charge in [0.1, 0.15) is 6.54 Å². The molecular formula is C23H20BrN3O5S. The fraction of sp³-hybridized carbons (Fsp3) is 0.130. The van der Waals surface area contributed by atoms with Gasteiger partial charge in [0, 0.05) is 10.0 Å². The molecular weight excluding hydrogens is 510 g/mol. The standard InChI is InChI=1S/C23H20BrN3O5S/c1-16-7-9-18(10-8-16)27(33(29,30)19-5-3-2-4-6-19)14-23(28)26-25-13-17-11-21-22(12-20(17)24)32-15-31-21/h2-13H,14-15H2,1H3,(H,26,28)/b25-13-. The Morgan fingerprint density at radius 3 is 2.45 bits per heavy atom. The van der Waals surface area contributed by atoms with Crippen LogP contribution in [0.2, 0.25) is 0 Å². The summed E-state index contributed by atoms with van der Waals surface area (Å²) >= 11 is 3.42. The van der Waals surface area contributed by atoms with Crippen LogP contribution in [-0.4, -0.2) is 33.9 Å². The zero-order valence-electron chi connectivity index (χ0n) is 17.6. The van der Waals surface area contributed by atoms with Crippen LogP contribution >= 0.6 is 15.9 Å². The molecule has 0 bridgehead atoms. The number of hydrogen-bond donors (Lipinski definition) is 1. The van der Waals surface area contributed by atoms with Gasteiger partial charge in [0.2, 0.25) is 6.79 Å². The van der Waals surface area contributed by atoms with Crippen LogP contribution in [0.25, 0.3) is 0 Å². The number of hydrazone groups is 1. The van der Waals surface area contributed by atoms with Crippen LogP contribution < -0.4 is 19.2 Å². The molecule has 10 heteroatoms. The molecule has 0 fully saturated rings. The smallest absolute Gasteiger partial charge is 0.264 e. The fourth-order valence-corrected chi connectivity index (χ4v) is 4.98. The number of halogens is 1. The minimum absolute atomic E-state index is 0.0890. The van der Waals surface area contributed by atoms with E-state index in [0.29, 0.717) is 27.2 Å². The van der Waals surface area contributed by atoms with E-state index in [1.54, 1.807) is 54.6 Å². The lowest BCUT2D eigenvalue weighted by molar-refractivity contribution is -0.119. The molecule has 0 radical (unpaired) electrons. The number of ether oxygens (including phenoxy) is 2. The van der Waals surface area contributed by atoms with Gasteiger partial charge in [-0.1, -0.05) is 35.9 Å². The fourth-order valence-electron chi connectivity index (χ4n) is 3.12. The van der Waals surface area contributed by atoms with Crippen LogP contribution in [0.15, 0.2) is 81.2 Å². The number of sulfonamides is 1. The van der Waals surface area contributed by atoms with E-state index in [4.69, 9.17) is 9.47 Å². The van der Waals surface area contributed by atoms with Crippen molar-refractivity contribution in [1.82, 2.24) is 5.43 Å². The number of aryl methyl sites for hydroxylation is 1. The number of anilines is 1. The van der Waals surface area contributed by atoms with E-state index >= 15 is 0 Å². The van der Waals surface area contributed by atoms with Gasteiger partial charge in [-0.2, -0.15) is 5.10 Å². The van der Waals surface area contributed by atoms with Crippen molar-refractivity contribution in [2.45, 2.75) is 11.8 Å². The van der Waals surface area contributed by atoms with Crippen molar-refractivity contribution in [2.75, 3.05) is 17.6 Å². The minimum Gasteiger partial charge on any atom is -0.454 e. The first-order valence-electron chi connectivity index (χ1n) is 9.90. The molecule has 0 spiro atoms. The first-order valence-corrected chi connectivity index (χ1v) is 12.1. The van der Waals surface area contributed by atoms with E-state index in [2.05, 4.69) is 26.5 Å². The normalized spacial score (nSPS) is 12.7. The summed E-state index contributed by atoms with van der Waals surface area (Å²) in [5, 5.41) is 3.97. The number of fused-ring (bicyclic) bond motifs is 1. The van der Waals surface area contributed by atoms with Crippen molar-refractivity contribution in [3.8, 4) is 11.5 Å². The van der Waals surface area contributed by atoms with Crippen molar-refractivity contribution in [2.24, 2.45) is 5.10 Å². The van der Waals surface area contributed by atoms with Gasteiger partial charge in [0.05, 0.1) is 16.8 Å². The number of rotatable bonds is 7. The minimum atomic E-state index is -3.97.